The van der Waals surface area contributed by atoms with Crippen LogP contribution < -0.4 is 0 Å². The van der Waals surface area contributed by atoms with Gasteiger partial charge in [-0.05, 0) is 18.6 Å². The number of hydrogen-bond donors (Lipinski definition) is 0. The molecule has 90 valence electrons. The topological polar surface area (TPSA) is 30.7 Å². The van der Waals surface area contributed by atoms with E-state index in [0.29, 0.717) is 5.69 Å². The number of aromatic nitrogens is 3. The van der Waals surface area contributed by atoms with E-state index in [1.807, 2.05) is 6.92 Å². The van der Waals surface area contributed by atoms with Gasteiger partial charge in [0.1, 0.15) is 0 Å². The number of hydrogen-bond acceptors (Lipinski definition) is 2. The fourth-order valence-corrected chi connectivity index (χ4v) is 1.40. The Morgan fingerprint density at radius 3 is 2.65 bits per heavy atom. The first kappa shape index (κ1) is 11.6. The highest BCUT2D eigenvalue weighted by Crippen LogP contribution is 2.29. The molecule has 2 aromatic heterocycles. The molecule has 0 aliphatic rings. The summed E-state index contributed by atoms with van der Waals surface area (Å²) < 4.78 is 38.8. The molecule has 0 aromatic carbocycles. The van der Waals surface area contributed by atoms with Crippen LogP contribution in [0.4, 0.5) is 13.2 Å². The van der Waals surface area contributed by atoms with Gasteiger partial charge >= 0.3 is 6.18 Å². The lowest BCUT2D eigenvalue weighted by Crippen LogP contribution is -2.07. The second-order valence-corrected chi connectivity index (χ2v) is 3.53. The Bertz CT molecular complexity index is 517. The predicted octanol–water partition coefficient (Wildman–Crippen LogP) is 2.85. The Morgan fingerprint density at radius 2 is 2.06 bits per heavy atom. The van der Waals surface area contributed by atoms with Crippen LogP contribution in [0.25, 0.3) is 5.69 Å². The highest BCUT2D eigenvalue weighted by molar-refractivity contribution is 5.32. The molecule has 2 heterocycles. The van der Waals surface area contributed by atoms with Crippen molar-refractivity contribution in [1.82, 2.24) is 14.8 Å². The van der Waals surface area contributed by atoms with Crippen molar-refractivity contribution in [3.63, 3.8) is 0 Å². The first-order valence-corrected chi connectivity index (χ1v) is 5.08. The van der Waals surface area contributed by atoms with E-state index in [0.717, 1.165) is 24.4 Å². The number of aryl methyl sites for hydroxylation is 1. The summed E-state index contributed by atoms with van der Waals surface area (Å²) in [6, 6.07) is 2.79. The molecule has 0 aliphatic heterocycles. The molecule has 0 amide bonds. The molecule has 2 aromatic rings. The minimum absolute atomic E-state index is 0.305. The van der Waals surface area contributed by atoms with Gasteiger partial charge in [0, 0.05) is 12.4 Å². The summed E-state index contributed by atoms with van der Waals surface area (Å²) in [6.07, 6.45) is 0.120. The quantitative estimate of drug-likeness (QED) is 0.809. The van der Waals surface area contributed by atoms with Gasteiger partial charge in [0.15, 0.2) is 0 Å². The normalized spacial score (nSPS) is 11.8. The van der Waals surface area contributed by atoms with Crippen LogP contribution in [0.2, 0.25) is 0 Å². The maximum Gasteiger partial charge on any atom is 0.417 e. The Kier molecular flexibility index (Phi) is 2.87. The van der Waals surface area contributed by atoms with Crippen molar-refractivity contribution in [2.45, 2.75) is 19.5 Å². The summed E-state index contributed by atoms with van der Waals surface area (Å²) in [4.78, 5) is 3.58. The number of halogens is 3. The molecule has 0 N–H and O–H groups in total. The molecule has 0 spiro atoms. The largest absolute Gasteiger partial charge is 0.417 e. The molecule has 17 heavy (non-hydrogen) atoms. The third kappa shape index (κ3) is 2.46. The van der Waals surface area contributed by atoms with Crippen LogP contribution in [0.1, 0.15) is 18.2 Å². The average Bonchev–Trinajstić information content (AvgIpc) is 2.76. The average molecular weight is 241 g/mol. The molecule has 6 heteroatoms. The van der Waals surface area contributed by atoms with Crippen molar-refractivity contribution in [3.8, 4) is 5.69 Å². The zero-order chi connectivity index (χ0) is 12.5. The Labute approximate surface area is 95.9 Å². The SMILES string of the molecule is CCc1ccn(-c2cncc(C(F)(F)F)c2)n1. The second kappa shape index (κ2) is 4.20. The van der Waals surface area contributed by atoms with Crippen molar-refractivity contribution in [2.24, 2.45) is 0 Å². The van der Waals surface area contributed by atoms with Crippen LogP contribution in [-0.2, 0) is 12.6 Å². The molecule has 0 radical (unpaired) electrons. The van der Waals surface area contributed by atoms with Gasteiger partial charge in [0.25, 0.3) is 0 Å². The van der Waals surface area contributed by atoms with Gasteiger partial charge in [0.2, 0.25) is 0 Å². The molecule has 0 unspecified atom stereocenters. The maximum atomic E-state index is 12.5. The monoisotopic (exact) mass is 241 g/mol. The Hall–Kier alpha value is -1.85. The third-order valence-electron chi connectivity index (χ3n) is 2.32. The van der Waals surface area contributed by atoms with Gasteiger partial charge in [-0.1, -0.05) is 6.92 Å². The van der Waals surface area contributed by atoms with Crippen LogP contribution in [0, 0.1) is 0 Å². The van der Waals surface area contributed by atoms with Crippen LogP contribution in [0.5, 0.6) is 0 Å². The summed E-state index contributed by atoms with van der Waals surface area (Å²) in [5.41, 5.74) is 0.352. The lowest BCUT2D eigenvalue weighted by Gasteiger charge is -2.07. The predicted molar refractivity (Wildman–Crippen MR) is 55.7 cm³/mol. The fraction of sp³-hybridized carbons (Fsp3) is 0.273. The van der Waals surface area contributed by atoms with E-state index in [9.17, 15) is 13.2 Å². The van der Waals surface area contributed by atoms with E-state index >= 15 is 0 Å². The van der Waals surface area contributed by atoms with E-state index in [4.69, 9.17) is 0 Å². The summed E-state index contributed by atoms with van der Waals surface area (Å²) in [6.45, 7) is 1.93. The second-order valence-electron chi connectivity index (χ2n) is 3.53. The van der Waals surface area contributed by atoms with Crippen LogP contribution in [0.15, 0.2) is 30.7 Å². The van der Waals surface area contributed by atoms with Crippen LogP contribution in [0.3, 0.4) is 0 Å². The van der Waals surface area contributed by atoms with Crippen LogP contribution >= 0.6 is 0 Å². The molecule has 0 aliphatic carbocycles. The van der Waals surface area contributed by atoms with Crippen LogP contribution in [-0.4, -0.2) is 14.8 Å². The third-order valence-corrected chi connectivity index (χ3v) is 2.32. The van der Waals surface area contributed by atoms with Crippen molar-refractivity contribution in [1.29, 1.82) is 0 Å². The molecule has 0 bridgehead atoms. The van der Waals surface area contributed by atoms with E-state index in [-0.39, 0.29) is 0 Å². The van der Waals surface area contributed by atoms with Crippen molar-refractivity contribution < 1.29 is 13.2 Å². The standard InChI is InChI=1S/C11H10F3N3/c1-2-9-3-4-17(16-9)10-5-8(6-15-7-10)11(12,13)14/h3-7H,2H2,1H3. The molecule has 2 rings (SSSR count). The molecular weight excluding hydrogens is 231 g/mol. The van der Waals surface area contributed by atoms with Gasteiger partial charge in [-0.2, -0.15) is 18.3 Å². The zero-order valence-corrected chi connectivity index (χ0v) is 9.07. The molecule has 3 nitrogen and oxygen atoms in total. The van der Waals surface area contributed by atoms with Crippen molar-refractivity contribution >= 4 is 0 Å². The number of rotatable bonds is 2. The van der Waals surface area contributed by atoms with Crippen molar-refractivity contribution in [2.75, 3.05) is 0 Å². The molecule has 0 saturated heterocycles. The highest BCUT2D eigenvalue weighted by Gasteiger charge is 2.31. The summed E-state index contributed by atoms with van der Waals surface area (Å²) in [7, 11) is 0. The molecule has 0 fully saturated rings. The lowest BCUT2D eigenvalue weighted by atomic mass is 10.2. The molecule has 0 atom stereocenters. The Morgan fingerprint density at radius 1 is 1.29 bits per heavy atom. The minimum atomic E-state index is -4.39. The first-order valence-electron chi connectivity index (χ1n) is 5.08. The summed E-state index contributed by atoms with van der Waals surface area (Å²) >= 11 is 0. The number of pyridine rings is 1. The Balaban J connectivity index is 2.39. The molecular formula is C11H10F3N3. The lowest BCUT2D eigenvalue weighted by molar-refractivity contribution is -0.137. The van der Waals surface area contributed by atoms with Gasteiger partial charge in [-0.15, -0.1) is 0 Å². The van der Waals surface area contributed by atoms with Gasteiger partial charge < -0.3 is 0 Å². The van der Waals surface area contributed by atoms with E-state index in [2.05, 4.69) is 10.1 Å². The van der Waals surface area contributed by atoms with E-state index in [1.165, 1.54) is 10.9 Å². The smallest absolute Gasteiger partial charge is 0.262 e. The minimum Gasteiger partial charge on any atom is -0.262 e. The number of alkyl halides is 3. The highest BCUT2D eigenvalue weighted by atomic mass is 19.4. The van der Waals surface area contributed by atoms with Gasteiger partial charge in [-0.25, -0.2) is 4.68 Å². The summed E-state index contributed by atoms with van der Waals surface area (Å²) in [5.74, 6) is 0. The zero-order valence-electron chi connectivity index (χ0n) is 9.07. The maximum absolute atomic E-state index is 12.5. The molecule has 0 saturated carbocycles. The number of nitrogens with zero attached hydrogens (tertiary/aromatic N) is 3. The fourth-order valence-electron chi connectivity index (χ4n) is 1.40. The van der Waals surface area contributed by atoms with E-state index < -0.39 is 11.7 Å². The van der Waals surface area contributed by atoms with Gasteiger partial charge in [0.05, 0.1) is 23.1 Å². The van der Waals surface area contributed by atoms with Gasteiger partial charge in [-0.3, -0.25) is 4.98 Å². The van der Waals surface area contributed by atoms with Crippen molar-refractivity contribution in [3.05, 3.63) is 42.0 Å². The first-order chi connectivity index (χ1) is 8.00. The van der Waals surface area contributed by atoms with E-state index in [1.54, 1.807) is 12.3 Å². The summed E-state index contributed by atoms with van der Waals surface area (Å²) in [5, 5.41) is 4.13.